The highest BCUT2D eigenvalue weighted by Crippen LogP contribution is 2.24. The molecule has 0 amide bonds. The quantitative estimate of drug-likeness (QED) is 0.724. The van der Waals surface area contributed by atoms with Crippen molar-refractivity contribution in [1.29, 1.82) is 0 Å². The first-order valence-electron chi connectivity index (χ1n) is 5.87. The van der Waals surface area contributed by atoms with Gasteiger partial charge in [-0.2, -0.15) is 11.8 Å². The molecule has 2 atom stereocenters. The van der Waals surface area contributed by atoms with Crippen molar-refractivity contribution < 1.29 is 0 Å². The standard InChI is InChI=1S/C12H24N2S/c1-5-13-6-10(2)7-14-8-11(3)15-12(4)9-14/h11-13H,2,5-9H2,1,3-4H3. The lowest BCUT2D eigenvalue weighted by molar-refractivity contribution is 0.291. The lowest BCUT2D eigenvalue weighted by Crippen LogP contribution is -2.42. The van der Waals surface area contributed by atoms with Crippen molar-refractivity contribution in [3.8, 4) is 0 Å². The first kappa shape index (κ1) is 13.1. The lowest BCUT2D eigenvalue weighted by atomic mass is 10.2. The van der Waals surface area contributed by atoms with Crippen molar-refractivity contribution in [2.24, 2.45) is 0 Å². The van der Waals surface area contributed by atoms with Crippen LogP contribution in [0.15, 0.2) is 12.2 Å². The van der Waals surface area contributed by atoms with E-state index >= 15 is 0 Å². The molecule has 1 aliphatic rings. The van der Waals surface area contributed by atoms with Crippen LogP contribution in [0.2, 0.25) is 0 Å². The van der Waals surface area contributed by atoms with E-state index in [1.54, 1.807) is 0 Å². The van der Waals surface area contributed by atoms with Gasteiger partial charge in [0.1, 0.15) is 0 Å². The fourth-order valence-electron chi connectivity index (χ4n) is 2.09. The van der Waals surface area contributed by atoms with Crippen LogP contribution >= 0.6 is 11.8 Å². The van der Waals surface area contributed by atoms with Gasteiger partial charge in [-0.25, -0.2) is 0 Å². The predicted octanol–water partition coefficient (Wildman–Crippen LogP) is 1.98. The molecule has 0 bridgehead atoms. The van der Waals surface area contributed by atoms with Crippen LogP contribution in [0.5, 0.6) is 0 Å². The van der Waals surface area contributed by atoms with Crippen molar-refractivity contribution in [3.05, 3.63) is 12.2 Å². The molecule has 1 heterocycles. The van der Waals surface area contributed by atoms with E-state index in [-0.39, 0.29) is 0 Å². The van der Waals surface area contributed by atoms with Crippen molar-refractivity contribution >= 4 is 11.8 Å². The number of hydrogen-bond acceptors (Lipinski definition) is 3. The molecule has 2 nitrogen and oxygen atoms in total. The van der Waals surface area contributed by atoms with Gasteiger partial charge in [-0.15, -0.1) is 0 Å². The summed E-state index contributed by atoms with van der Waals surface area (Å²) in [6.45, 7) is 16.4. The van der Waals surface area contributed by atoms with Crippen molar-refractivity contribution in [2.45, 2.75) is 31.3 Å². The third-order valence-corrected chi connectivity index (χ3v) is 3.79. The molecule has 0 aromatic heterocycles. The van der Waals surface area contributed by atoms with E-state index in [2.05, 4.69) is 49.3 Å². The molecule has 0 spiro atoms. The highest BCUT2D eigenvalue weighted by molar-refractivity contribution is 8.00. The third kappa shape index (κ3) is 5.05. The molecular formula is C12H24N2S. The molecule has 1 fully saturated rings. The normalized spacial score (nSPS) is 27.9. The van der Waals surface area contributed by atoms with Gasteiger partial charge in [-0.1, -0.05) is 27.4 Å². The Hall–Kier alpha value is 0.0100. The molecule has 1 rings (SSSR count). The molecule has 15 heavy (non-hydrogen) atoms. The zero-order valence-corrected chi connectivity index (χ0v) is 11.1. The number of hydrogen-bond donors (Lipinski definition) is 1. The molecule has 2 unspecified atom stereocenters. The summed E-state index contributed by atoms with van der Waals surface area (Å²) in [4.78, 5) is 2.53. The van der Waals surface area contributed by atoms with Gasteiger partial charge >= 0.3 is 0 Å². The minimum absolute atomic E-state index is 0.765. The molecule has 0 saturated carbocycles. The van der Waals surface area contributed by atoms with E-state index in [0.29, 0.717) is 0 Å². The molecular weight excluding hydrogens is 204 g/mol. The van der Waals surface area contributed by atoms with E-state index < -0.39 is 0 Å². The molecule has 3 heteroatoms. The van der Waals surface area contributed by atoms with E-state index in [1.807, 2.05) is 0 Å². The molecule has 1 aliphatic heterocycles. The average Bonchev–Trinajstić information content (AvgIpc) is 2.13. The summed E-state index contributed by atoms with van der Waals surface area (Å²) < 4.78 is 0. The Bertz CT molecular complexity index is 196. The van der Waals surface area contributed by atoms with Crippen LogP contribution in [-0.2, 0) is 0 Å². The fraction of sp³-hybridized carbons (Fsp3) is 0.833. The Morgan fingerprint density at radius 1 is 1.40 bits per heavy atom. The topological polar surface area (TPSA) is 15.3 Å². The minimum atomic E-state index is 0.765. The van der Waals surface area contributed by atoms with Crippen LogP contribution in [0.1, 0.15) is 20.8 Å². The Labute approximate surface area is 98.5 Å². The maximum Gasteiger partial charge on any atom is 0.0203 e. The van der Waals surface area contributed by atoms with Crippen molar-refractivity contribution in [2.75, 3.05) is 32.7 Å². The Morgan fingerprint density at radius 2 is 2.00 bits per heavy atom. The number of rotatable bonds is 5. The van der Waals surface area contributed by atoms with E-state index in [9.17, 15) is 0 Å². The predicted molar refractivity (Wildman–Crippen MR) is 70.6 cm³/mol. The molecule has 0 aromatic carbocycles. The van der Waals surface area contributed by atoms with Gasteiger partial charge in [0, 0.05) is 36.7 Å². The largest absolute Gasteiger partial charge is 0.313 e. The maximum absolute atomic E-state index is 4.13. The summed E-state index contributed by atoms with van der Waals surface area (Å²) >= 11 is 2.10. The molecule has 88 valence electrons. The third-order valence-electron chi connectivity index (χ3n) is 2.57. The van der Waals surface area contributed by atoms with Crippen molar-refractivity contribution in [1.82, 2.24) is 10.2 Å². The Morgan fingerprint density at radius 3 is 2.53 bits per heavy atom. The molecule has 0 radical (unpaired) electrons. The summed E-state index contributed by atoms with van der Waals surface area (Å²) in [6, 6.07) is 0. The second-order valence-corrected chi connectivity index (χ2v) is 6.36. The highest BCUT2D eigenvalue weighted by atomic mass is 32.2. The lowest BCUT2D eigenvalue weighted by Gasteiger charge is -2.35. The second-order valence-electron chi connectivity index (χ2n) is 4.48. The highest BCUT2D eigenvalue weighted by Gasteiger charge is 2.21. The monoisotopic (exact) mass is 228 g/mol. The van der Waals surface area contributed by atoms with Crippen LogP contribution in [0, 0.1) is 0 Å². The van der Waals surface area contributed by atoms with Gasteiger partial charge in [0.05, 0.1) is 0 Å². The van der Waals surface area contributed by atoms with Gasteiger partial charge in [0.25, 0.3) is 0 Å². The second kappa shape index (κ2) is 6.56. The Kier molecular flexibility index (Phi) is 5.72. The summed E-state index contributed by atoms with van der Waals surface area (Å²) in [7, 11) is 0. The van der Waals surface area contributed by atoms with Crippen LogP contribution in [0.3, 0.4) is 0 Å². The van der Waals surface area contributed by atoms with Gasteiger partial charge in [-0.05, 0) is 12.1 Å². The zero-order chi connectivity index (χ0) is 11.3. The summed E-state index contributed by atoms with van der Waals surface area (Å²) in [5.74, 6) is 0. The zero-order valence-electron chi connectivity index (χ0n) is 10.3. The SMILES string of the molecule is C=C(CNCC)CN1CC(C)SC(C)C1. The molecule has 0 aliphatic carbocycles. The smallest absolute Gasteiger partial charge is 0.0203 e. The van der Waals surface area contributed by atoms with Gasteiger partial charge in [0.2, 0.25) is 0 Å². The number of nitrogens with one attached hydrogen (secondary N) is 1. The van der Waals surface area contributed by atoms with E-state index in [0.717, 1.165) is 30.1 Å². The first-order valence-corrected chi connectivity index (χ1v) is 6.81. The summed E-state index contributed by atoms with van der Waals surface area (Å²) in [5.41, 5.74) is 1.31. The molecule has 1 N–H and O–H groups in total. The Balaban J connectivity index is 2.27. The first-order chi connectivity index (χ1) is 7.11. The summed E-state index contributed by atoms with van der Waals surface area (Å²) in [6.07, 6.45) is 0. The minimum Gasteiger partial charge on any atom is -0.313 e. The van der Waals surface area contributed by atoms with Gasteiger partial charge in [-0.3, -0.25) is 4.90 Å². The number of thioether (sulfide) groups is 1. The summed E-state index contributed by atoms with van der Waals surface area (Å²) in [5, 5.41) is 4.86. The van der Waals surface area contributed by atoms with Crippen LogP contribution < -0.4 is 5.32 Å². The fourth-order valence-corrected chi connectivity index (χ4v) is 3.47. The van der Waals surface area contributed by atoms with Crippen molar-refractivity contribution in [3.63, 3.8) is 0 Å². The number of nitrogens with zero attached hydrogens (tertiary/aromatic N) is 1. The van der Waals surface area contributed by atoms with Gasteiger partial charge in [0.15, 0.2) is 0 Å². The number of likely N-dealkylation sites (N-methyl/N-ethyl adjacent to an activating group) is 1. The van der Waals surface area contributed by atoms with Crippen LogP contribution in [0.25, 0.3) is 0 Å². The van der Waals surface area contributed by atoms with Crippen LogP contribution in [-0.4, -0.2) is 48.1 Å². The molecule has 1 saturated heterocycles. The van der Waals surface area contributed by atoms with Crippen LogP contribution in [0.4, 0.5) is 0 Å². The molecule has 0 aromatic rings. The van der Waals surface area contributed by atoms with E-state index in [1.165, 1.54) is 18.7 Å². The van der Waals surface area contributed by atoms with E-state index in [4.69, 9.17) is 0 Å². The maximum atomic E-state index is 4.13. The average molecular weight is 228 g/mol. The van der Waals surface area contributed by atoms with Gasteiger partial charge < -0.3 is 5.32 Å².